The van der Waals surface area contributed by atoms with Crippen molar-refractivity contribution in [2.24, 2.45) is 0 Å². The molecule has 1 heterocycles. The number of carbonyl (C=O) groups excluding carboxylic acids is 2. The van der Waals surface area contributed by atoms with E-state index in [4.69, 9.17) is 4.74 Å². The van der Waals surface area contributed by atoms with Crippen molar-refractivity contribution in [3.05, 3.63) is 35.4 Å². The van der Waals surface area contributed by atoms with Crippen LogP contribution in [0.1, 0.15) is 22.8 Å². The van der Waals surface area contributed by atoms with Crippen LogP contribution >= 0.6 is 12.4 Å². The number of rotatable bonds is 5. The topological polar surface area (TPSA) is 79.5 Å². The Morgan fingerprint density at radius 2 is 2.00 bits per heavy atom. The van der Waals surface area contributed by atoms with Crippen molar-refractivity contribution < 1.29 is 14.3 Å². The Kier molecular flexibility index (Phi) is 7.87. The third kappa shape index (κ3) is 5.29. The SMILES string of the molecule is CCNC(=O)c1ccc(CNC(=O)C2CNCCO2)cc1.Cl. The second-order valence-electron chi connectivity index (χ2n) is 4.84. The van der Waals surface area contributed by atoms with Crippen LogP contribution in [-0.4, -0.2) is 44.2 Å². The molecule has 1 unspecified atom stereocenters. The van der Waals surface area contributed by atoms with Crippen LogP contribution in [0.25, 0.3) is 0 Å². The predicted octanol–water partition coefficient (Wildman–Crippen LogP) is 0.463. The molecule has 6 nitrogen and oxygen atoms in total. The summed E-state index contributed by atoms with van der Waals surface area (Å²) in [5, 5.41) is 8.70. The maximum atomic E-state index is 11.9. The summed E-state index contributed by atoms with van der Waals surface area (Å²) in [7, 11) is 0. The number of ether oxygens (including phenoxy) is 1. The number of hydrogen-bond acceptors (Lipinski definition) is 4. The van der Waals surface area contributed by atoms with Gasteiger partial charge in [-0.05, 0) is 24.6 Å². The Morgan fingerprint density at radius 1 is 1.27 bits per heavy atom. The summed E-state index contributed by atoms with van der Waals surface area (Å²) < 4.78 is 5.38. The van der Waals surface area contributed by atoms with Crippen LogP contribution in [0.15, 0.2) is 24.3 Å². The van der Waals surface area contributed by atoms with Gasteiger partial charge < -0.3 is 20.7 Å². The van der Waals surface area contributed by atoms with Gasteiger partial charge in [-0.3, -0.25) is 9.59 Å². The molecule has 3 N–H and O–H groups in total. The molecule has 1 saturated heterocycles. The standard InChI is InChI=1S/C15H21N3O3.ClH/c1-2-17-14(19)12-5-3-11(4-6-12)9-18-15(20)13-10-16-7-8-21-13;/h3-6,13,16H,2,7-10H2,1H3,(H,17,19)(H,18,20);1H. The molecular formula is C15H22ClN3O3. The van der Waals surface area contributed by atoms with E-state index in [-0.39, 0.29) is 24.2 Å². The summed E-state index contributed by atoms with van der Waals surface area (Å²) in [5.41, 5.74) is 1.56. The molecular weight excluding hydrogens is 306 g/mol. The maximum absolute atomic E-state index is 11.9. The van der Waals surface area contributed by atoms with Gasteiger partial charge in [0.2, 0.25) is 0 Å². The van der Waals surface area contributed by atoms with Crippen molar-refractivity contribution >= 4 is 24.2 Å². The van der Waals surface area contributed by atoms with Gasteiger partial charge in [0.05, 0.1) is 6.61 Å². The van der Waals surface area contributed by atoms with Gasteiger partial charge in [-0.25, -0.2) is 0 Å². The molecule has 0 aliphatic carbocycles. The first-order valence-corrected chi connectivity index (χ1v) is 7.18. The van der Waals surface area contributed by atoms with Crippen molar-refractivity contribution in [3.8, 4) is 0 Å². The second kappa shape index (κ2) is 9.40. The quantitative estimate of drug-likeness (QED) is 0.734. The van der Waals surface area contributed by atoms with Crippen LogP contribution < -0.4 is 16.0 Å². The highest BCUT2D eigenvalue weighted by atomic mass is 35.5. The first kappa shape index (κ1) is 18.4. The predicted molar refractivity (Wildman–Crippen MR) is 86.2 cm³/mol. The molecule has 0 radical (unpaired) electrons. The Morgan fingerprint density at radius 3 is 2.59 bits per heavy atom. The van der Waals surface area contributed by atoms with Gasteiger partial charge in [-0.15, -0.1) is 12.4 Å². The van der Waals surface area contributed by atoms with Gasteiger partial charge in [0.15, 0.2) is 0 Å². The van der Waals surface area contributed by atoms with E-state index < -0.39 is 6.10 Å². The highest BCUT2D eigenvalue weighted by Crippen LogP contribution is 2.05. The van der Waals surface area contributed by atoms with E-state index in [1.54, 1.807) is 12.1 Å². The number of morpholine rings is 1. The van der Waals surface area contributed by atoms with Crippen LogP contribution in [0.3, 0.4) is 0 Å². The molecule has 1 aromatic rings. The molecule has 2 amide bonds. The average Bonchev–Trinajstić information content (AvgIpc) is 2.54. The van der Waals surface area contributed by atoms with Crippen LogP contribution in [0, 0.1) is 0 Å². The van der Waals surface area contributed by atoms with Gasteiger partial charge in [0, 0.05) is 31.7 Å². The number of benzene rings is 1. The molecule has 0 bridgehead atoms. The summed E-state index contributed by atoms with van der Waals surface area (Å²) in [6, 6.07) is 7.19. The van der Waals surface area contributed by atoms with E-state index in [1.165, 1.54) is 0 Å². The lowest BCUT2D eigenvalue weighted by Gasteiger charge is -2.22. The third-order valence-electron chi connectivity index (χ3n) is 3.24. The minimum Gasteiger partial charge on any atom is -0.366 e. The fourth-order valence-corrected chi connectivity index (χ4v) is 2.07. The zero-order valence-electron chi connectivity index (χ0n) is 12.6. The van der Waals surface area contributed by atoms with Gasteiger partial charge in [-0.1, -0.05) is 12.1 Å². The molecule has 1 aromatic carbocycles. The normalized spacial score (nSPS) is 17.2. The Labute approximate surface area is 136 Å². The van der Waals surface area contributed by atoms with Crippen LogP contribution in [0.4, 0.5) is 0 Å². The molecule has 7 heteroatoms. The van der Waals surface area contributed by atoms with Crippen LogP contribution in [0.5, 0.6) is 0 Å². The van der Waals surface area contributed by atoms with Crippen molar-refractivity contribution in [2.75, 3.05) is 26.2 Å². The summed E-state index contributed by atoms with van der Waals surface area (Å²) in [6.45, 7) is 4.79. The summed E-state index contributed by atoms with van der Waals surface area (Å²) in [4.78, 5) is 23.5. The summed E-state index contributed by atoms with van der Waals surface area (Å²) >= 11 is 0. The Bertz CT molecular complexity index is 487. The molecule has 0 saturated carbocycles. The largest absolute Gasteiger partial charge is 0.366 e. The Hall–Kier alpha value is -1.63. The smallest absolute Gasteiger partial charge is 0.251 e. The number of carbonyl (C=O) groups is 2. The van der Waals surface area contributed by atoms with Crippen LogP contribution in [0.2, 0.25) is 0 Å². The highest BCUT2D eigenvalue weighted by molar-refractivity contribution is 5.94. The molecule has 0 spiro atoms. The number of amides is 2. The average molecular weight is 328 g/mol. The monoisotopic (exact) mass is 327 g/mol. The van der Waals surface area contributed by atoms with Crippen LogP contribution in [-0.2, 0) is 16.1 Å². The molecule has 1 fully saturated rings. The van der Waals surface area contributed by atoms with E-state index >= 15 is 0 Å². The second-order valence-corrected chi connectivity index (χ2v) is 4.84. The van der Waals surface area contributed by atoms with E-state index in [0.29, 0.717) is 31.8 Å². The zero-order valence-corrected chi connectivity index (χ0v) is 13.4. The molecule has 22 heavy (non-hydrogen) atoms. The molecule has 0 aromatic heterocycles. The molecule has 2 rings (SSSR count). The van der Waals surface area contributed by atoms with Gasteiger partial charge in [-0.2, -0.15) is 0 Å². The maximum Gasteiger partial charge on any atom is 0.251 e. The zero-order chi connectivity index (χ0) is 15.1. The summed E-state index contributed by atoms with van der Waals surface area (Å²) in [6.07, 6.45) is -0.423. The molecule has 1 aliphatic heterocycles. The lowest BCUT2D eigenvalue weighted by Crippen LogP contribution is -2.47. The first-order valence-electron chi connectivity index (χ1n) is 7.18. The van der Waals surface area contributed by atoms with Crippen molar-refractivity contribution in [2.45, 2.75) is 19.6 Å². The number of nitrogens with one attached hydrogen (secondary N) is 3. The fraction of sp³-hybridized carbons (Fsp3) is 0.467. The Balaban J connectivity index is 0.00000242. The van der Waals surface area contributed by atoms with Gasteiger partial charge in [0.25, 0.3) is 11.8 Å². The minimum atomic E-state index is -0.423. The number of hydrogen-bond donors (Lipinski definition) is 3. The highest BCUT2D eigenvalue weighted by Gasteiger charge is 2.21. The van der Waals surface area contributed by atoms with Crippen molar-refractivity contribution in [1.82, 2.24) is 16.0 Å². The lowest BCUT2D eigenvalue weighted by atomic mass is 10.1. The lowest BCUT2D eigenvalue weighted by molar-refractivity contribution is -0.134. The van der Waals surface area contributed by atoms with E-state index in [1.807, 2.05) is 19.1 Å². The number of halogens is 1. The van der Waals surface area contributed by atoms with Crippen molar-refractivity contribution in [3.63, 3.8) is 0 Å². The fourth-order valence-electron chi connectivity index (χ4n) is 2.07. The van der Waals surface area contributed by atoms with E-state index in [2.05, 4.69) is 16.0 Å². The molecule has 1 atom stereocenters. The van der Waals surface area contributed by atoms with E-state index in [0.717, 1.165) is 12.1 Å². The molecule has 122 valence electrons. The van der Waals surface area contributed by atoms with Gasteiger partial charge >= 0.3 is 0 Å². The molecule has 1 aliphatic rings. The summed E-state index contributed by atoms with van der Waals surface area (Å²) in [5.74, 6) is -0.204. The van der Waals surface area contributed by atoms with Gasteiger partial charge in [0.1, 0.15) is 6.10 Å². The minimum absolute atomic E-state index is 0. The van der Waals surface area contributed by atoms with Crippen molar-refractivity contribution in [1.29, 1.82) is 0 Å². The third-order valence-corrected chi connectivity index (χ3v) is 3.24. The van der Waals surface area contributed by atoms with E-state index in [9.17, 15) is 9.59 Å². The first-order chi connectivity index (χ1) is 10.2.